The summed E-state index contributed by atoms with van der Waals surface area (Å²) in [5, 5.41) is 10.3. The van der Waals surface area contributed by atoms with Crippen LogP contribution in [-0.2, 0) is 9.57 Å². The number of alkyl halides is 1. The number of ether oxygens (including phenoxy) is 1. The number of nitrogens with one attached hydrogen (secondary N) is 3. The van der Waals surface area contributed by atoms with Gasteiger partial charge in [-0.1, -0.05) is 18.2 Å². The first kappa shape index (κ1) is 18.7. The number of allylic oxidation sites excluding steroid dienone is 1. The molecule has 0 aromatic rings. The van der Waals surface area contributed by atoms with Gasteiger partial charge in [0.15, 0.2) is 0 Å². The summed E-state index contributed by atoms with van der Waals surface area (Å²) in [6, 6.07) is 0. The Hall–Kier alpha value is -1.05. The minimum Gasteiger partial charge on any atom is -0.381 e. The summed E-state index contributed by atoms with van der Waals surface area (Å²) in [6.07, 6.45) is 3.15. The molecule has 0 fully saturated rings. The van der Waals surface area contributed by atoms with Crippen LogP contribution in [0.3, 0.4) is 0 Å². The standard InChI is InChI=1S/C18H29ClN4O2/c1-8(2)15(9(3)25-20)12-6-13-11(7-14(12)24-5)16-17(19)21-10(4)22-18(16)23-13/h6,9-12,14-15,17,21-23H,1,7,20H2,2-5H3/t9?,10?,11-,12-,14?,15?,17+/m1/s1. The van der Waals surface area contributed by atoms with Gasteiger partial charge in [-0.3, -0.25) is 5.32 Å². The molecule has 2 heterocycles. The van der Waals surface area contributed by atoms with Gasteiger partial charge in [0.05, 0.1) is 18.4 Å². The molecule has 4 unspecified atom stereocenters. The average Bonchev–Trinajstić information content (AvgIpc) is 2.90. The molecule has 5 N–H and O–H groups in total. The van der Waals surface area contributed by atoms with Gasteiger partial charge in [0.25, 0.3) is 0 Å². The highest BCUT2D eigenvalue weighted by Gasteiger charge is 2.45. The third-order valence-electron chi connectivity index (χ3n) is 5.62. The summed E-state index contributed by atoms with van der Waals surface area (Å²) < 4.78 is 5.86. The Kier molecular flexibility index (Phi) is 5.46. The van der Waals surface area contributed by atoms with Crippen LogP contribution in [0.25, 0.3) is 0 Å². The molecule has 7 heteroatoms. The molecule has 3 rings (SSSR count). The van der Waals surface area contributed by atoms with Crippen LogP contribution >= 0.6 is 11.6 Å². The molecule has 25 heavy (non-hydrogen) atoms. The van der Waals surface area contributed by atoms with Crippen molar-refractivity contribution < 1.29 is 9.57 Å². The Morgan fingerprint density at radius 1 is 1.48 bits per heavy atom. The number of halogens is 1. The second-order valence-corrected chi connectivity index (χ2v) is 7.76. The van der Waals surface area contributed by atoms with Crippen LogP contribution in [0.2, 0.25) is 0 Å². The first-order valence-electron chi connectivity index (χ1n) is 8.80. The summed E-state index contributed by atoms with van der Waals surface area (Å²) in [5.74, 6) is 6.95. The van der Waals surface area contributed by atoms with Crippen LogP contribution < -0.4 is 21.8 Å². The third kappa shape index (κ3) is 3.34. The van der Waals surface area contributed by atoms with Gasteiger partial charge in [-0.2, -0.15) is 0 Å². The summed E-state index contributed by atoms with van der Waals surface area (Å²) >= 11 is 6.58. The first-order valence-corrected chi connectivity index (χ1v) is 9.24. The van der Waals surface area contributed by atoms with Gasteiger partial charge in [-0.05, 0) is 27.2 Å². The Balaban J connectivity index is 1.93. The highest BCUT2D eigenvalue weighted by atomic mass is 35.5. The number of fused-ring (bicyclic) bond motifs is 2. The Labute approximate surface area is 154 Å². The highest BCUT2D eigenvalue weighted by Crippen LogP contribution is 2.45. The zero-order valence-corrected chi connectivity index (χ0v) is 16.1. The molecule has 0 aromatic carbocycles. The molecule has 0 bridgehead atoms. The van der Waals surface area contributed by atoms with Crippen LogP contribution in [0, 0.1) is 17.8 Å². The lowest BCUT2D eigenvalue weighted by Crippen LogP contribution is -2.50. The molecular formula is C18H29ClN4O2. The van der Waals surface area contributed by atoms with E-state index in [9.17, 15) is 0 Å². The molecule has 0 amide bonds. The maximum atomic E-state index is 6.58. The molecule has 3 aliphatic rings. The highest BCUT2D eigenvalue weighted by molar-refractivity contribution is 6.22. The van der Waals surface area contributed by atoms with Crippen molar-refractivity contribution >= 4 is 11.6 Å². The normalized spacial score (nSPS) is 36.6. The van der Waals surface area contributed by atoms with E-state index < -0.39 is 0 Å². The van der Waals surface area contributed by atoms with Gasteiger partial charge in [-0.25, -0.2) is 5.90 Å². The maximum absolute atomic E-state index is 6.58. The quantitative estimate of drug-likeness (QED) is 0.257. The van der Waals surface area contributed by atoms with Gasteiger partial charge in [0.1, 0.15) is 11.3 Å². The van der Waals surface area contributed by atoms with Crippen LogP contribution in [-0.4, -0.2) is 31.0 Å². The van der Waals surface area contributed by atoms with E-state index in [1.165, 1.54) is 11.3 Å². The van der Waals surface area contributed by atoms with Crippen LogP contribution in [0.4, 0.5) is 0 Å². The molecule has 140 valence electrons. The second-order valence-electron chi connectivity index (χ2n) is 7.33. The zero-order chi connectivity index (χ0) is 18.3. The predicted octanol–water partition coefficient (Wildman–Crippen LogP) is 1.91. The SMILES string of the molecule is C=C(C)C(C(C)ON)[C@@H]1C=C2NC3=C([C@@H]2CC1OC)[C@@H](Cl)NC(C)N3. The van der Waals surface area contributed by atoms with Crippen molar-refractivity contribution in [1.29, 1.82) is 0 Å². The van der Waals surface area contributed by atoms with Crippen LogP contribution in [0.1, 0.15) is 27.2 Å². The summed E-state index contributed by atoms with van der Waals surface area (Å²) in [4.78, 5) is 5.14. The lowest BCUT2D eigenvalue weighted by Gasteiger charge is -2.39. The minimum absolute atomic E-state index is 0.0462. The Morgan fingerprint density at radius 2 is 2.20 bits per heavy atom. The van der Waals surface area contributed by atoms with Crippen molar-refractivity contribution in [3.05, 3.63) is 35.3 Å². The number of methoxy groups -OCH3 is 1. The number of hydrogen-bond donors (Lipinski definition) is 4. The predicted molar refractivity (Wildman–Crippen MR) is 99.1 cm³/mol. The van der Waals surface area contributed by atoms with E-state index in [-0.39, 0.29) is 41.6 Å². The number of hydrogen-bond acceptors (Lipinski definition) is 6. The van der Waals surface area contributed by atoms with Gasteiger partial charge in [0, 0.05) is 36.1 Å². The van der Waals surface area contributed by atoms with Gasteiger partial charge < -0.3 is 20.2 Å². The summed E-state index contributed by atoms with van der Waals surface area (Å²) in [7, 11) is 1.76. The Morgan fingerprint density at radius 3 is 2.80 bits per heavy atom. The monoisotopic (exact) mass is 368 g/mol. The van der Waals surface area contributed by atoms with E-state index in [2.05, 4.69) is 35.5 Å². The molecule has 0 saturated carbocycles. The van der Waals surface area contributed by atoms with E-state index in [0.717, 1.165) is 17.8 Å². The van der Waals surface area contributed by atoms with E-state index >= 15 is 0 Å². The van der Waals surface area contributed by atoms with E-state index in [1.807, 2.05) is 13.8 Å². The molecule has 0 spiro atoms. The average molecular weight is 369 g/mol. The van der Waals surface area contributed by atoms with Crippen molar-refractivity contribution in [3.63, 3.8) is 0 Å². The molecule has 0 radical (unpaired) electrons. The first-order chi connectivity index (χ1) is 11.9. The van der Waals surface area contributed by atoms with E-state index in [4.69, 9.17) is 27.1 Å². The largest absolute Gasteiger partial charge is 0.381 e. The van der Waals surface area contributed by atoms with Crippen LogP contribution in [0.5, 0.6) is 0 Å². The van der Waals surface area contributed by atoms with Gasteiger partial charge >= 0.3 is 0 Å². The number of nitrogens with two attached hydrogens (primary N) is 1. The van der Waals surface area contributed by atoms with E-state index in [1.54, 1.807) is 7.11 Å². The van der Waals surface area contributed by atoms with Crippen molar-refractivity contribution in [1.82, 2.24) is 16.0 Å². The number of rotatable bonds is 5. The zero-order valence-electron chi connectivity index (χ0n) is 15.3. The molecule has 0 aromatic heterocycles. The van der Waals surface area contributed by atoms with Gasteiger partial charge in [-0.15, -0.1) is 11.6 Å². The minimum atomic E-state index is -0.188. The van der Waals surface area contributed by atoms with E-state index in [0.29, 0.717) is 0 Å². The van der Waals surface area contributed by atoms with Crippen molar-refractivity contribution in [2.75, 3.05) is 7.11 Å². The summed E-state index contributed by atoms with van der Waals surface area (Å²) in [6.45, 7) is 10.2. The van der Waals surface area contributed by atoms with Crippen molar-refractivity contribution in [2.24, 2.45) is 23.7 Å². The molecule has 0 saturated heterocycles. The topological polar surface area (TPSA) is 80.6 Å². The smallest absolute Gasteiger partial charge is 0.110 e. The lowest BCUT2D eigenvalue weighted by molar-refractivity contribution is -0.0238. The lowest BCUT2D eigenvalue weighted by atomic mass is 9.72. The van der Waals surface area contributed by atoms with Crippen molar-refractivity contribution in [3.8, 4) is 0 Å². The fourth-order valence-corrected chi connectivity index (χ4v) is 4.92. The fraction of sp³-hybridized carbons (Fsp3) is 0.667. The van der Waals surface area contributed by atoms with Crippen molar-refractivity contribution in [2.45, 2.75) is 51.1 Å². The van der Waals surface area contributed by atoms with Crippen LogP contribution in [0.15, 0.2) is 35.3 Å². The summed E-state index contributed by atoms with van der Waals surface area (Å²) in [5.41, 5.74) is 3.20. The molecule has 7 atom stereocenters. The molecule has 2 aliphatic heterocycles. The third-order valence-corrected chi connectivity index (χ3v) is 5.98. The molecular weight excluding hydrogens is 340 g/mol. The maximum Gasteiger partial charge on any atom is 0.110 e. The fourth-order valence-electron chi connectivity index (χ4n) is 4.47. The Bertz CT molecular complexity index is 606. The molecule has 1 aliphatic carbocycles. The molecule has 6 nitrogen and oxygen atoms in total. The van der Waals surface area contributed by atoms with Gasteiger partial charge in [0.2, 0.25) is 0 Å². The second kappa shape index (κ2) is 7.29.